The number of esters is 1. The molecule has 3 heterocycles. The van der Waals surface area contributed by atoms with Crippen LogP contribution in [-0.2, 0) is 18.6 Å². The molecule has 0 radical (unpaired) electrons. The summed E-state index contributed by atoms with van der Waals surface area (Å²) < 4.78 is 31.7. The molecule has 0 bridgehead atoms. The normalized spacial score (nSPS) is 21.8. The Bertz CT molecular complexity index is 1350. The molecule has 12 nitrogen and oxygen atoms in total. The zero-order chi connectivity index (χ0) is 24.5. The predicted molar refractivity (Wildman–Crippen MR) is 118 cm³/mol. The van der Waals surface area contributed by atoms with Crippen LogP contribution in [0.2, 0.25) is 0 Å². The van der Waals surface area contributed by atoms with Crippen LogP contribution in [-0.4, -0.2) is 48.6 Å². The fourth-order valence-electron chi connectivity index (χ4n) is 3.60. The van der Waals surface area contributed by atoms with Crippen molar-refractivity contribution in [2.24, 2.45) is 0 Å². The molecule has 2 N–H and O–H groups in total. The van der Waals surface area contributed by atoms with Gasteiger partial charge in [-0.1, -0.05) is 18.2 Å². The van der Waals surface area contributed by atoms with Crippen molar-refractivity contribution in [3.05, 3.63) is 86.7 Å². The number of H-pyrrole nitrogens is 1. The number of nitrogens with one attached hydrogen (secondary N) is 1. The molecule has 0 saturated carbocycles. The van der Waals surface area contributed by atoms with E-state index >= 15 is 0 Å². The van der Waals surface area contributed by atoms with Gasteiger partial charge in [-0.3, -0.25) is 18.9 Å². The average molecular weight is 490 g/mol. The first-order chi connectivity index (χ1) is 16.2. The van der Waals surface area contributed by atoms with Gasteiger partial charge in [0.25, 0.3) is 5.56 Å². The fourth-order valence-corrected chi connectivity index (χ4v) is 4.71. The highest BCUT2D eigenvalue weighted by Crippen LogP contribution is 2.45. The molecule has 1 fully saturated rings. The third kappa shape index (κ3) is 4.95. The highest BCUT2D eigenvalue weighted by atomic mass is 31.2. The van der Waals surface area contributed by atoms with Crippen LogP contribution in [0.1, 0.15) is 34.4 Å². The second kappa shape index (κ2) is 9.51. The molecule has 1 aliphatic rings. The summed E-state index contributed by atoms with van der Waals surface area (Å²) in [5.41, 5.74) is -0.624. The SMILES string of the molecule is Cc1cn(C2CC(OC(=O)c3ccccc3)C(COP(=O)(O)n3ccnc3C)O2)c(=O)[nH]c1=O. The highest BCUT2D eigenvalue weighted by molar-refractivity contribution is 7.51. The number of hydrogen-bond donors (Lipinski definition) is 2. The van der Waals surface area contributed by atoms with Gasteiger partial charge in [-0.05, 0) is 26.0 Å². The molecule has 1 saturated heterocycles. The van der Waals surface area contributed by atoms with Crippen LogP contribution in [0.4, 0.5) is 0 Å². The monoisotopic (exact) mass is 490 g/mol. The summed E-state index contributed by atoms with van der Waals surface area (Å²) in [5, 5.41) is 0. The van der Waals surface area contributed by atoms with E-state index in [1.54, 1.807) is 37.3 Å². The van der Waals surface area contributed by atoms with Crippen LogP contribution in [0.25, 0.3) is 0 Å². The van der Waals surface area contributed by atoms with Crippen LogP contribution in [0.15, 0.2) is 58.5 Å². The summed E-state index contributed by atoms with van der Waals surface area (Å²) in [6.45, 7) is 2.67. The summed E-state index contributed by atoms with van der Waals surface area (Å²) in [6, 6.07) is 8.29. The lowest BCUT2D eigenvalue weighted by molar-refractivity contribution is -0.0493. The Labute approximate surface area is 193 Å². The van der Waals surface area contributed by atoms with E-state index in [1.165, 1.54) is 30.1 Å². The zero-order valence-corrected chi connectivity index (χ0v) is 19.3. The van der Waals surface area contributed by atoms with Gasteiger partial charge in [0.05, 0.1) is 12.2 Å². The Balaban J connectivity index is 1.57. The maximum absolute atomic E-state index is 12.7. The molecular formula is C21H23N4O8P. The third-order valence-corrected chi connectivity index (χ3v) is 6.84. The van der Waals surface area contributed by atoms with Gasteiger partial charge in [0.15, 0.2) is 0 Å². The molecule has 34 heavy (non-hydrogen) atoms. The van der Waals surface area contributed by atoms with Gasteiger partial charge >= 0.3 is 19.4 Å². The van der Waals surface area contributed by atoms with Crippen LogP contribution < -0.4 is 11.2 Å². The number of ether oxygens (including phenoxy) is 2. The first kappa shape index (κ1) is 23.8. The Morgan fingerprint density at radius 3 is 2.71 bits per heavy atom. The topological polar surface area (TPSA) is 155 Å². The summed E-state index contributed by atoms with van der Waals surface area (Å²) in [4.78, 5) is 53.2. The molecule has 0 spiro atoms. The van der Waals surface area contributed by atoms with Crippen molar-refractivity contribution < 1.29 is 28.3 Å². The van der Waals surface area contributed by atoms with E-state index in [2.05, 4.69) is 9.97 Å². The summed E-state index contributed by atoms with van der Waals surface area (Å²) in [6.07, 6.45) is 1.29. The largest absolute Gasteiger partial charge is 0.456 e. The lowest BCUT2D eigenvalue weighted by Gasteiger charge is -2.21. The number of imidazole rings is 1. The molecule has 180 valence electrons. The maximum atomic E-state index is 12.7. The number of aryl methyl sites for hydroxylation is 2. The van der Waals surface area contributed by atoms with Gasteiger partial charge in [0.2, 0.25) is 0 Å². The first-order valence-electron chi connectivity index (χ1n) is 10.4. The lowest BCUT2D eigenvalue weighted by atomic mass is 10.1. The summed E-state index contributed by atoms with van der Waals surface area (Å²) in [7, 11) is -4.30. The smallest absolute Gasteiger partial charge is 0.437 e. The molecular weight excluding hydrogens is 467 g/mol. The van der Waals surface area contributed by atoms with Crippen molar-refractivity contribution in [1.29, 1.82) is 0 Å². The number of rotatable bonds is 7. The molecule has 0 amide bonds. The number of benzene rings is 1. The van der Waals surface area contributed by atoms with Gasteiger partial charge in [0, 0.05) is 30.6 Å². The van der Waals surface area contributed by atoms with E-state index in [4.69, 9.17) is 14.0 Å². The third-order valence-electron chi connectivity index (χ3n) is 5.38. The fraction of sp³-hybridized carbons (Fsp3) is 0.333. The predicted octanol–water partition coefficient (Wildman–Crippen LogP) is 1.53. The average Bonchev–Trinajstić information content (AvgIpc) is 3.42. The molecule has 1 aliphatic heterocycles. The molecule has 4 atom stereocenters. The van der Waals surface area contributed by atoms with Crippen molar-refractivity contribution in [1.82, 2.24) is 18.9 Å². The van der Waals surface area contributed by atoms with Gasteiger partial charge in [-0.25, -0.2) is 23.5 Å². The number of carbonyl (C=O) groups excluding carboxylic acids is 1. The molecule has 4 rings (SSSR count). The van der Waals surface area contributed by atoms with Crippen molar-refractivity contribution in [3.63, 3.8) is 0 Å². The van der Waals surface area contributed by atoms with E-state index in [0.29, 0.717) is 5.56 Å². The zero-order valence-electron chi connectivity index (χ0n) is 18.4. The van der Waals surface area contributed by atoms with Gasteiger partial charge in [-0.2, -0.15) is 0 Å². The number of carbonyl (C=O) groups is 1. The Hall–Kier alpha value is -3.31. The van der Waals surface area contributed by atoms with Gasteiger partial charge in [0.1, 0.15) is 24.3 Å². The van der Waals surface area contributed by atoms with Crippen molar-refractivity contribution >= 4 is 13.7 Å². The van der Waals surface area contributed by atoms with E-state index < -0.39 is 50.0 Å². The number of aromatic amines is 1. The minimum Gasteiger partial charge on any atom is -0.456 e. The van der Waals surface area contributed by atoms with E-state index in [1.807, 2.05) is 0 Å². The van der Waals surface area contributed by atoms with E-state index in [-0.39, 0.29) is 17.8 Å². The molecule has 1 aromatic carbocycles. The van der Waals surface area contributed by atoms with E-state index in [0.717, 1.165) is 4.34 Å². The van der Waals surface area contributed by atoms with Gasteiger partial charge in [-0.15, -0.1) is 0 Å². The molecule has 0 aliphatic carbocycles. The highest BCUT2D eigenvalue weighted by Gasteiger charge is 2.41. The molecule has 2 aromatic heterocycles. The van der Waals surface area contributed by atoms with E-state index in [9.17, 15) is 23.8 Å². The second-order valence-electron chi connectivity index (χ2n) is 7.76. The Morgan fingerprint density at radius 1 is 1.29 bits per heavy atom. The first-order valence-corrected chi connectivity index (χ1v) is 11.9. The second-order valence-corrected chi connectivity index (χ2v) is 9.43. The molecule has 13 heteroatoms. The quantitative estimate of drug-likeness (QED) is 0.370. The van der Waals surface area contributed by atoms with Crippen LogP contribution in [0.5, 0.6) is 0 Å². The van der Waals surface area contributed by atoms with Crippen molar-refractivity contribution in [2.45, 2.75) is 38.7 Å². The van der Waals surface area contributed by atoms with Crippen LogP contribution in [0, 0.1) is 13.8 Å². The summed E-state index contributed by atoms with van der Waals surface area (Å²) >= 11 is 0. The van der Waals surface area contributed by atoms with Crippen molar-refractivity contribution in [2.75, 3.05) is 6.61 Å². The Morgan fingerprint density at radius 2 is 2.03 bits per heavy atom. The van der Waals surface area contributed by atoms with Gasteiger partial charge < -0.3 is 14.4 Å². The standard InChI is InChI=1S/C21H23N4O8P/c1-13-11-24(21(28)23-19(13)26)18-10-16(33-20(27)15-6-4-3-5-7-15)17(32-18)12-31-34(29,30)25-9-8-22-14(25)2/h3-9,11,16-18H,10,12H2,1-2H3,(H,29,30)(H,23,26,28). The number of aromatic nitrogens is 4. The molecule has 4 unspecified atom stereocenters. The maximum Gasteiger partial charge on any atom is 0.437 e. The van der Waals surface area contributed by atoms with Crippen LogP contribution in [0.3, 0.4) is 0 Å². The number of nitrogens with zero attached hydrogens (tertiary/aromatic N) is 3. The molecule has 3 aromatic rings. The number of hydrogen-bond acceptors (Lipinski definition) is 8. The lowest BCUT2D eigenvalue weighted by Crippen LogP contribution is -2.33. The van der Waals surface area contributed by atoms with Crippen LogP contribution >= 0.6 is 7.75 Å². The minimum absolute atomic E-state index is 0.0534. The Kier molecular flexibility index (Phi) is 6.67. The van der Waals surface area contributed by atoms with Crippen molar-refractivity contribution in [3.8, 4) is 0 Å². The summed E-state index contributed by atoms with van der Waals surface area (Å²) in [5.74, 6) is -0.346. The minimum atomic E-state index is -4.30.